The lowest BCUT2D eigenvalue weighted by molar-refractivity contribution is 0.265. The third-order valence-corrected chi connectivity index (χ3v) is 4.83. The molecular formula is C17H17ClN2O2S. The quantitative estimate of drug-likeness (QED) is 0.669. The summed E-state index contributed by atoms with van der Waals surface area (Å²) in [6, 6.07) is 14.0. The molecule has 3 aromatic rings. The summed E-state index contributed by atoms with van der Waals surface area (Å²) in [6.45, 7) is 0.734. The van der Waals surface area contributed by atoms with Gasteiger partial charge < -0.3 is 14.9 Å². The normalized spacial score (nSPS) is 12.4. The van der Waals surface area contributed by atoms with Crippen molar-refractivity contribution >= 4 is 22.9 Å². The number of aliphatic hydroxyl groups excluding tert-OH is 1. The molecule has 0 spiro atoms. The fourth-order valence-corrected chi connectivity index (χ4v) is 3.52. The van der Waals surface area contributed by atoms with E-state index in [1.165, 1.54) is 11.3 Å². The Hall–Kier alpha value is -1.66. The Kier molecular flexibility index (Phi) is 5.46. The summed E-state index contributed by atoms with van der Waals surface area (Å²) < 4.78 is 6.09. The largest absolute Gasteiger partial charge is 0.396 e. The maximum atomic E-state index is 9.31. The highest BCUT2D eigenvalue weighted by molar-refractivity contribution is 7.19. The number of aliphatic hydroxyl groups is 1. The second kappa shape index (κ2) is 7.75. The Morgan fingerprint density at radius 3 is 2.74 bits per heavy atom. The van der Waals surface area contributed by atoms with Crippen molar-refractivity contribution in [1.29, 1.82) is 0 Å². The monoisotopic (exact) mass is 348 g/mol. The molecule has 2 aromatic heterocycles. The van der Waals surface area contributed by atoms with Gasteiger partial charge in [-0.15, -0.1) is 11.3 Å². The van der Waals surface area contributed by atoms with E-state index in [-0.39, 0.29) is 12.6 Å². The zero-order valence-electron chi connectivity index (χ0n) is 12.4. The van der Waals surface area contributed by atoms with E-state index >= 15 is 0 Å². The predicted octanol–water partition coefficient (Wildman–Crippen LogP) is 4.27. The number of nitrogens with one attached hydrogen (secondary N) is 1. The van der Waals surface area contributed by atoms with Gasteiger partial charge in [0.2, 0.25) is 0 Å². The van der Waals surface area contributed by atoms with Gasteiger partial charge in [0.1, 0.15) is 0 Å². The minimum Gasteiger partial charge on any atom is -0.396 e. The fraction of sp³-hybridized carbons (Fsp3) is 0.235. The van der Waals surface area contributed by atoms with Crippen molar-refractivity contribution in [2.45, 2.75) is 19.0 Å². The molecule has 0 saturated carbocycles. The van der Waals surface area contributed by atoms with E-state index in [2.05, 4.69) is 22.6 Å². The zero-order valence-corrected chi connectivity index (χ0v) is 14.0. The molecule has 6 heteroatoms. The highest BCUT2D eigenvalue weighted by atomic mass is 35.5. The Bertz CT molecular complexity index is 742. The number of hydrogen-bond donors (Lipinski definition) is 2. The zero-order chi connectivity index (χ0) is 16.1. The van der Waals surface area contributed by atoms with Crippen LogP contribution in [0.15, 0.2) is 53.2 Å². The van der Waals surface area contributed by atoms with E-state index in [0.29, 0.717) is 13.0 Å². The highest BCUT2D eigenvalue weighted by Gasteiger charge is 2.15. The van der Waals surface area contributed by atoms with Crippen LogP contribution in [0.2, 0.25) is 4.34 Å². The Balaban J connectivity index is 1.73. The molecule has 0 radical (unpaired) electrons. The third-order valence-electron chi connectivity index (χ3n) is 3.60. The van der Waals surface area contributed by atoms with Crippen LogP contribution in [0.4, 0.5) is 0 Å². The molecule has 0 saturated heterocycles. The van der Waals surface area contributed by atoms with Crippen LogP contribution in [0.3, 0.4) is 0 Å². The number of benzene rings is 1. The SMILES string of the molecule is OCCC(NCc1cnoc1-c1ccc(Cl)s1)c1ccccc1. The standard InChI is InChI=1S/C17H17ClN2O2S/c18-16-7-6-15(23-16)17-13(11-20-22-17)10-19-14(8-9-21)12-4-2-1-3-5-12/h1-7,11,14,19,21H,8-10H2. The van der Waals surface area contributed by atoms with Crippen LogP contribution in [0, 0.1) is 0 Å². The molecule has 2 heterocycles. The van der Waals surface area contributed by atoms with Crippen molar-refractivity contribution in [3.63, 3.8) is 0 Å². The lowest BCUT2D eigenvalue weighted by Crippen LogP contribution is -2.22. The fourth-order valence-electron chi connectivity index (χ4n) is 2.46. The molecule has 0 fully saturated rings. The van der Waals surface area contributed by atoms with Gasteiger partial charge in [-0.3, -0.25) is 0 Å². The average molecular weight is 349 g/mol. The molecule has 4 nitrogen and oxygen atoms in total. The Labute approximate surface area is 143 Å². The summed E-state index contributed by atoms with van der Waals surface area (Å²) in [6.07, 6.45) is 2.37. The number of thiophene rings is 1. The summed E-state index contributed by atoms with van der Waals surface area (Å²) in [4.78, 5) is 0.961. The molecule has 0 aliphatic rings. The van der Waals surface area contributed by atoms with Gasteiger partial charge in [0.15, 0.2) is 5.76 Å². The van der Waals surface area contributed by atoms with Gasteiger partial charge in [-0.1, -0.05) is 47.1 Å². The van der Waals surface area contributed by atoms with Crippen LogP contribution in [-0.4, -0.2) is 16.9 Å². The van der Waals surface area contributed by atoms with Crippen LogP contribution < -0.4 is 5.32 Å². The number of halogens is 1. The molecular weight excluding hydrogens is 332 g/mol. The first kappa shape index (κ1) is 16.2. The molecule has 1 unspecified atom stereocenters. The minimum atomic E-state index is 0.0795. The van der Waals surface area contributed by atoms with E-state index in [1.807, 2.05) is 30.3 Å². The van der Waals surface area contributed by atoms with Gasteiger partial charge in [0, 0.05) is 24.8 Å². The van der Waals surface area contributed by atoms with Gasteiger partial charge in [-0.2, -0.15) is 0 Å². The molecule has 0 aliphatic carbocycles. The Morgan fingerprint density at radius 2 is 2.04 bits per heavy atom. The Morgan fingerprint density at radius 1 is 1.22 bits per heavy atom. The number of nitrogens with zero attached hydrogens (tertiary/aromatic N) is 1. The van der Waals surface area contributed by atoms with Crippen molar-refractivity contribution < 1.29 is 9.63 Å². The van der Waals surface area contributed by atoms with Crippen molar-refractivity contribution in [1.82, 2.24) is 10.5 Å². The van der Waals surface area contributed by atoms with Crippen LogP contribution in [0.1, 0.15) is 23.6 Å². The van der Waals surface area contributed by atoms with Crippen LogP contribution >= 0.6 is 22.9 Å². The van der Waals surface area contributed by atoms with Crippen molar-refractivity contribution in [2.75, 3.05) is 6.61 Å². The summed E-state index contributed by atoms with van der Waals surface area (Å²) in [7, 11) is 0. The average Bonchev–Trinajstić information content (AvgIpc) is 3.20. The lowest BCUT2D eigenvalue weighted by atomic mass is 10.0. The van der Waals surface area contributed by atoms with E-state index in [1.54, 1.807) is 6.20 Å². The van der Waals surface area contributed by atoms with Crippen LogP contribution in [0.25, 0.3) is 10.6 Å². The van der Waals surface area contributed by atoms with Gasteiger partial charge in [-0.25, -0.2) is 0 Å². The summed E-state index contributed by atoms with van der Waals surface area (Å²) in [5.74, 6) is 0.741. The smallest absolute Gasteiger partial charge is 0.181 e. The van der Waals surface area contributed by atoms with Gasteiger partial charge in [0.05, 0.1) is 15.4 Å². The molecule has 3 rings (SSSR count). The minimum absolute atomic E-state index is 0.0795. The lowest BCUT2D eigenvalue weighted by Gasteiger charge is -2.18. The van der Waals surface area contributed by atoms with Gasteiger partial charge >= 0.3 is 0 Å². The molecule has 1 atom stereocenters. The highest BCUT2D eigenvalue weighted by Crippen LogP contribution is 2.33. The first-order valence-corrected chi connectivity index (χ1v) is 8.56. The van der Waals surface area contributed by atoms with Crippen molar-refractivity contribution in [3.8, 4) is 10.6 Å². The number of aromatic nitrogens is 1. The van der Waals surface area contributed by atoms with Gasteiger partial charge in [-0.05, 0) is 24.1 Å². The second-order valence-corrected chi connectivity index (χ2v) is 6.86. The van der Waals surface area contributed by atoms with E-state index < -0.39 is 0 Å². The van der Waals surface area contributed by atoms with E-state index in [4.69, 9.17) is 16.1 Å². The van der Waals surface area contributed by atoms with E-state index in [9.17, 15) is 5.11 Å². The summed E-state index contributed by atoms with van der Waals surface area (Å²) >= 11 is 7.46. The van der Waals surface area contributed by atoms with E-state index in [0.717, 1.165) is 26.1 Å². The second-order valence-electron chi connectivity index (χ2n) is 5.14. The van der Waals surface area contributed by atoms with Gasteiger partial charge in [0.25, 0.3) is 0 Å². The molecule has 1 aromatic carbocycles. The molecule has 2 N–H and O–H groups in total. The third kappa shape index (κ3) is 4.00. The first-order valence-electron chi connectivity index (χ1n) is 7.36. The maximum Gasteiger partial charge on any atom is 0.181 e. The first-order chi connectivity index (χ1) is 11.3. The van der Waals surface area contributed by atoms with Crippen molar-refractivity contribution in [2.24, 2.45) is 0 Å². The number of hydrogen-bond acceptors (Lipinski definition) is 5. The van der Waals surface area contributed by atoms with Crippen LogP contribution in [-0.2, 0) is 6.54 Å². The maximum absolute atomic E-state index is 9.31. The molecule has 120 valence electrons. The molecule has 23 heavy (non-hydrogen) atoms. The van der Waals surface area contributed by atoms with Crippen LogP contribution in [0.5, 0.6) is 0 Å². The topological polar surface area (TPSA) is 58.3 Å². The summed E-state index contributed by atoms with van der Waals surface area (Å²) in [5.41, 5.74) is 2.13. The predicted molar refractivity (Wildman–Crippen MR) is 92.6 cm³/mol. The molecule has 0 aliphatic heterocycles. The summed E-state index contributed by atoms with van der Waals surface area (Å²) in [5, 5.41) is 16.7. The molecule has 0 amide bonds. The van der Waals surface area contributed by atoms with Crippen molar-refractivity contribution in [3.05, 3.63) is 64.1 Å². The number of rotatable bonds is 7. The molecule has 0 bridgehead atoms.